The zero-order valence-electron chi connectivity index (χ0n) is 19.2. The van der Waals surface area contributed by atoms with Gasteiger partial charge in [0.2, 0.25) is 0 Å². The molecule has 0 aromatic heterocycles. The molecule has 1 N–H and O–H groups in total. The minimum Gasteiger partial charge on any atom is -0.466 e. The van der Waals surface area contributed by atoms with Gasteiger partial charge in [0.05, 0.1) is 19.1 Å². The van der Waals surface area contributed by atoms with Crippen molar-refractivity contribution in [2.24, 2.45) is 10.9 Å². The van der Waals surface area contributed by atoms with Crippen molar-refractivity contribution in [3.63, 3.8) is 0 Å². The number of carbonyl (C=O) groups excluding carboxylic acids is 1. The van der Waals surface area contributed by atoms with Crippen LogP contribution >= 0.6 is 24.0 Å². The largest absolute Gasteiger partial charge is 0.466 e. The highest BCUT2D eigenvalue weighted by atomic mass is 127. The van der Waals surface area contributed by atoms with Gasteiger partial charge < -0.3 is 19.7 Å². The zero-order valence-corrected chi connectivity index (χ0v) is 21.5. The molecule has 1 aromatic carbocycles. The third-order valence-electron chi connectivity index (χ3n) is 6.45. The molecule has 0 unspecified atom stereocenters. The maximum Gasteiger partial charge on any atom is 0.309 e. The fourth-order valence-electron chi connectivity index (χ4n) is 4.68. The number of piperidine rings is 1. The molecule has 0 aliphatic carbocycles. The highest BCUT2D eigenvalue weighted by molar-refractivity contribution is 14.0. The van der Waals surface area contributed by atoms with Crippen molar-refractivity contribution in [2.45, 2.75) is 51.9 Å². The summed E-state index contributed by atoms with van der Waals surface area (Å²) in [6.07, 6.45) is 3.62. The number of benzene rings is 1. The average molecular weight is 543 g/mol. The van der Waals surface area contributed by atoms with E-state index in [1.165, 1.54) is 11.1 Å². The molecule has 0 radical (unpaired) electrons. The predicted molar refractivity (Wildman–Crippen MR) is 135 cm³/mol. The van der Waals surface area contributed by atoms with Crippen molar-refractivity contribution < 1.29 is 14.3 Å². The van der Waals surface area contributed by atoms with Crippen LogP contribution in [0.15, 0.2) is 29.3 Å². The van der Waals surface area contributed by atoms with Gasteiger partial charge in [0.1, 0.15) is 0 Å². The maximum atomic E-state index is 12.1. The van der Waals surface area contributed by atoms with E-state index >= 15 is 0 Å². The van der Waals surface area contributed by atoms with Gasteiger partial charge in [0.15, 0.2) is 5.96 Å². The number of guanidine groups is 1. The van der Waals surface area contributed by atoms with E-state index in [9.17, 15) is 4.79 Å². The summed E-state index contributed by atoms with van der Waals surface area (Å²) in [5, 5.41) is 3.47. The molecule has 2 heterocycles. The van der Waals surface area contributed by atoms with E-state index in [4.69, 9.17) is 14.5 Å². The summed E-state index contributed by atoms with van der Waals surface area (Å²) < 4.78 is 10.9. The summed E-state index contributed by atoms with van der Waals surface area (Å²) in [5.74, 6) is 0.914. The lowest BCUT2D eigenvalue weighted by Gasteiger charge is -2.39. The Labute approximate surface area is 204 Å². The number of carbonyl (C=O) groups is 1. The third-order valence-corrected chi connectivity index (χ3v) is 6.45. The topological polar surface area (TPSA) is 63.2 Å². The van der Waals surface area contributed by atoms with Gasteiger partial charge in [0.25, 0.3) is 0 Å². The van der Waals surface area contributed by atoms with Gasteiger partial charge in [-0.05, 0) is 57.6 Å². The Morgan fingerprint density at radius 3 is 2.52 bits per heavy atom. The van der Waals surface area contributed by atoms with Crippen LogP contribution in [0.2, 0.25) is 0 Å². The smallest absolute Gasteiger partial charge is 0.309 e. The van der Waals surface area contributed by atoms with E-state index in [1.807, 2.05) is 6.92 Å². The van der Waals surface area contributed by atoms with Gasteiger partial charge in [-0.25, -0.2) is 0 Å². The third kappa shape index (κ3) is 6.57. The second-order valence-electron chi connectivity index (χ2n) is 8.39. The van der Waals surface area contributed by atoms with Gasteiger partial charge in [-0.3, -0.25) is 9.79 Å². The van der Waals surface area contributed by atoms with Crippen LogP contribution in [0.3, 0.4) is 0 Å². The molecule has 1 aromatic rings. The molecule has 2 saturated heterocycles. The van der Waals surface area contributed by atoms with Crippen LogP contribution in [0.4, 0.5) is 0 Å². The average Bonchev–Trinajstić information content (AvgIpc) is 2.78. The van der Waals surface area contributed by atoms with E-state index in [2.05, 4.69) is 48.3 Å². The monoisotopic (exact) mass is 543 g/mol. The molecule has 0 amide bonds. The van der Waals surface area contributed by atoms with Crippen molar-refractivity contribution >= 4 is 35.9 Å². The number of aliphatic imine (C=N–C) groups is 1. The number of aryl methyl sites for hydroxylation is 1. The standard InChI is InChI=1S/C24H37N3O3.HI/c1-4-25-23(27-14-10-20(11-15-27)22(28)30-5-2)26-18-24(12-16-29-17-13-24)21-9-7-6-8-19(21)3;/h6-9,20H,4-5,10-18H2,1-3H3,(H,25,26);1H. The molecule has 7 heteroatoms. The van der Waals surface area contributed by atoms with Gasteiger partial charge in [-0.2, -0.15) is 0 Å². The van der Waals surface area contributed by atoms with Crippen molar-refractivity contribution in [3.05, 3.63) is 35.4 Å². The number of hydrogen-bond acceptors (Lipinski definition) is 4. The lowest BCUT2D eigenvalue weighted by molar-refractivity contribution is -0.149. The molecule has 3 rings (SSSR count). The summed E-state index contributed by atoms with van der Waals surface area (Å²) in [5.41, 5.74) is 2.75. The molecule has 174 valence electrons. The molecular weight excluding hydrogens is 505 g/mol. The summed E-state index contributed by atoms with van der Waals surface area (Å²) in [6, 6.07) is 8.69. The molecule has 2 fully saturated rings. The predicted octanol–water partition coefficient (Wildman–Crippen LogP) is 3.90. The molecule has 0 bridgehead atoms. The van der Waals surface area contributed by atoms with E-state index < -0.39 is 0 Å². The molecule has 0 atom stereocenters. The number of rotatable bonds is 6. The van der Waals surface area contributed by atoms with Crippen LogP contribution in [0, 0.1) is 12.8 Å². The fraction of sp³-hybridized carbons (Fsp3) is 0.667. The van der Waals surface area contributed by atoms with Crippen molar-refractivity contribution in [2.75, 3.05) is 46.0 Å². The van der Waals surface area contributed by atoms with E-state index in [0.717, 1.165) is 71.0 Å². The first-order chi connectivity index (χ1) is 14.6. The number of ether oxygens (including phenoxy) is 2. The van der Waals surface area contributed by atoms with Crippen LogP contribution < -0.4 is 5.32 Å². The summed E-state index contributed by atoms with van der Waals surface area (Å²) in [4.78, 5) is 19.5. The quantitative estimate of drug-likeness (QED) is 0.255. The van der Waals surface area contributed by atoms with E-state index in [1.54, 1.807) is 0 Å². The number of nitrogens with one attached hydrogen (secondary N) is 1. The minimum atomic E-state index is -0.0557. The van der Waals surface area contributed by atoms with Crippen LogP contribution in [0.25, 0.3) is 0 Å². The number of esters is 1. The Hall–Kier alpha value is -1.35. The van der Waals surface area contributed by atoms with Crippen molar-refractivity contribution in [1.82, 2.24) is 10.2 Å². The SMILES string of the molecule is CCNC(=NCC1(c2ccccc2C)CCOCC1)N1CCC(C(=O)OCC)CC1.I. The second kappa shape index (κ2) is 12.6. The Balaban J connectivity index is 0.00000341. The number of nitrogens with zero attached hydrogens (tertiary/aromatic N) is 2. The Kier molecular flexibility index (Phi) is 10.6. The minimum absolute atomic E-state index is 0. The maximum absolute atomic E-state index is 12.1. The number of likely N-dealkylation sites (tertiary alicyclic amines) is 1. The highest BCUT2D eigenvalue weighted by Crippen LogP contribution is 2.37. The normalized spacial score (nSPS) is 19.5. The van der Waals surface area contributed by atoms with E-state index in [0.29, 0.717) is 6.61 Å². The molecule has 0 spiro atoms. The Bertz CT molecular complexity index is 727. The molecular formula is C24H38IN3O3. The molecule has 2 aliphatic rings. The lowest BCUT2D eigenvalue weighted by atomic mass is 9.72. The lowest BCUT2D eigenvalue weighted by Crippen LogP contribution is -2.47. The van der Waals surface area contributed by atoms with Crippen molar-refractivity contribution in [1.29, 1.82) is 0 Å². The van der Waals surface area contributed by atoms with Crippen molar-refractivity contribution in [3.8, 4) is 0 Å². The first-order valence-electron chi connectivity index (χ1n) is 11.4. The van der Waals surface area contributed by atoms with Crippen LogP contribution in [-0.2, 0) is 19.7 Å². The first-order valence-corrected chi connectivity index (χ1v) is 11.4. The van der Waals surface area contributed by atoms with Gasteiger partial charge in [0, 0.05) is 38.3 Å². The van der Waals surface area contributed by atoms with Crippen LogP contribution in [-0.4, -0.2) is 62.8 Å². The molecule has 6 nitrogen and oxygen atoms in total. The van der Waals surface area contributed by atoms with E-state index in [-0.39, 0.29) is 41.3 Å². The number of halogens is 1. The summed E-state index contributed by atoms with van der Waals surface area (Å²) in [7, 11) is 0. The van der Waals surface area contributed by atoms with Crippen LogP contribution in [0.1, 0.15) is 50.7 Å². The fourth-order valence-corrected chi connectivity index (χ4v) is 4.68. The molecule has 31 heavy (non-hydrogen) atoms. The highest BCUT2D eigenvalue weighted by Gasteiger charge is 2.36. The van der Waals surface area contributed by atoms with Gasteiger partial charge in [-0.1, -0.05) is 24.3 Å². The zero-order chi connectivity index (χ0) is 21.4. The van der Waals surface area contributed by atoms with Crippen LogP contribution in [0.5, 0.6) is 0 Å². The molecule has 2 aliphatic heterocycles. The Morgan fingerprint density at radius 1 is 1.23 bits per heavy atom. The van der Waals surface area contributed by atoms with Gasteiger partial charge in [-0.15, -0.1) is 24.0 Å². The summed E-state index contributed by atoms with van der Waals surface area (Å²) >= 11 is 0. The number of hydrogen-bond donors (Lipinski definition) is 1. The first kappa shape index (κ1) is 25.9. The molecule has 0 saturated carbocycles. The summed E-state index contributed by atoms with van der Waals surface area (Å²) in [6.45, 7) is 11.4. The second-order valence-corrected chi connectivity index (χ2v) is 8.39. The van der Waals surface area contributed by atoms with Gasteiger partial charge >= 0.3 is 5.97 Å². The Morgan fingerprint density at radius 2 is 1.90 bits per heavy atom.